The van der Waals surface area contributed by atoms with Gasteiger partial charge in [-0.05, 0) is 72.0 Å². The van der Waals surface area contributed by atoms with Crippen molar-refractivity contribution >= 4 is 16.7 Å². The van der Waals surface area contributed by atoms with Crippen LogP contribution in [-0.2, 0) is 12.5 Å². The van der Waals surface area contributed by atoms with Gasteiger partial charge in [-0.2, -0.15) is 8.78 Å². The van der Waals surface area contributed by atoms with Crippen LogP contribution in [0.25, 0.3) is 10.8 Å². The van der Waals surface area contributed by atoms with Crippen LogP contribution in [0.2, 0.25) is 0 Å². The number of hydrogen-bond donors (Lipinski definition) is 0. The molecule has 4 aromatic carbocycles. The Kier molecular flexibility index (Phi) is 7.11. The van der Waals surface area contributed by atoms with Gasteiger partial charge in [-0.25, -0.2) is 26.7 Å². The van der Waals surface area contributed by atoms with E-state index in [2.05, 4.69) is 4.74 Å². The highest BCUT2D eigenvalue weighted by Gasteiger charge is 2.39. The first-order valence-electron chi connectivity index (χ1n) is 11.0. The summed E-state index contributed by atoms with van der Waals surface area (Å²) in [5.41, 5.74) is -1.41. The Labute approximate surface area is 206 Å². The molecule has 0 amide bonds. The lowest BCUT2D eigenvalue weighted by Gasteiger charge is -2.19. The van der Waals surface area contributed by atoms with Crippen LogP contribution in [0.15, 0.2) is 60.7 Å². The maximum Gasteiger partial charge on any atom is 0.429 e. The van der Waals surface area contributed by atoms with E-state index in [-0.39, 0.29) is 34.1 Å². The predicted molar refractivity (Wildman–Crippen MR) is 120 cm³/mol. The van der Waals surface area contributed by atoms with Gasteiger partial charge in [-0.3, -0.25) is 0 Å². The molecule has 0 aliphatic carbocycles. The van der Waals surface area contributed by atoms with E-state index in [1.54, 1.807) is 6.92 Å². The quantitative estimate of drug-likeness (QED) is 0.107. The summed E-state index contributed by atoms with van der Waals surface area (Å²) in [4.78, 5) is 12.4. The number of hydrogen-bond acceptors (Lipinski definition) is 3. The Morgan fingerprint density at radius 1 is 0.784 bits per heavy atom. The fraction of sp³-hybridized carbons (Fsp3) is 0.148. The minimum absolute atomic E-state index is 0.0312. The molecule has 10 heteroatoms. The molecule has 0 aromatic heterocycles. The fourth-order valence-corrected chi connectivity index (χ4v) is 3.65. The third-order valence-electron chi connectivity index (χ3n) is 5.49. The van der Waals surface area contributed by atoms with Crippen LogP contribution in [0.1, 0.15) is 34.8 Å². The van der Waals surface area contributed by atoms with Crippen molar-refractivity contribution in [1.82, 2.24) is 0 Å². The average molecular weight is 522 g/mol. The van der Waals surface area contributed by atoms with Crippen molar-refractivity contribution in [2.24, 2.45) is 0 Å². The number of esters is 1. The smallest absolute Gasteiger partial charge is 0.429 e. The summed E-state index contributed by atoms with van der Waals surface area (Å²) < 4.78 is 108. The Bertz CT molecular complexity index is 1480. The van der Waals surface area contributed by atoms with Crippen molar-refractivity contribution in [2.75, 3.05) is 0 Å². The highest BCUT2D eigenvalue weighted by Crippen LogP contribution is 2.35. The number of halogens is 7. The second-order valence-corrected chi connectivity index (χ2v) is 8.05. The second-order valence-electron chi connectivity index (χ2n) is 8.05. The zero-order valence-electron chi connectivity index (χ0n) is 19.1. The number of alkyl halides is 2. The zero-order valence-corrected chi connectivity index (χ0v) is 19.1. The maximum atomic E-state index is 14.6. The lowest BCUT2D eigenvalue weighted by molar-refractivity contribution is -0.187. The molecular formula is C27H17F7O3. The van der Waals surface area contributed by atoms with Crippen LogP contribution in [0.4, 0.5) is 30.7 Å². The average Bonchev–Trinajstić information content (AvgIpc) is 2.85. The normalized spacial score (nSPS) is 11.6. The third kappa shape index (κ3) is 5.23. The van der Waals surface area contributed by atoms with Crippen molar-refractivity contribution in [3.05, 3.63) is 106 Å². The molecule has 37 heavy (non-hydrogen) atoms. The molecule has 0 bridgehead atoms. The van der Waals surface area contributed by atoms with E-state index in [0.717, 1.165) is 60.7 Å². The molecular weight excluding hydrogens is 505 g/mol. The van der Waals surface area contributed by atoms with Crippen molar-refractivity contribution in [1.29, 1.82) is 0 Å². The highest BCUT2D eigenvalue weighted by atomic mass is 19.3. The molecule has 0 saturated heterocycles. The van der Waals surface area contributed by atoms with Gasteiger partial charge in [0.05, 0.1) is 5.56 Å². The summed E-state index contributed by atoms with van der Waals surface area (Å²) in [6.07, 6.45) is -3.54. The van der Waals surface area contributed by atoms with Crippen LogP contribution < -0.4 is 9.47 Å². The molecule has 192 valence electrons. The van der Waals surface area contributed by atoms with Gasteiger partial charge in [0.15, 0.2) is 29.1 Å². The lowest BCUT2D eigenvalue weighted by atomic mass is 10.1. The third-order valence-corrected chi connectivity index (χ3v) is 5.49. The van der Waals surface area contributed by atoms with Crippen LogP contribution >= 0.6 is 0 Å². The van der Waals surface area contributed by atoms with Gasteiger partial charge in [0.2, 0.25) is 0 Å². The maximum absolute atomic E-state index is 14.6. The summed E-state index contributed by atoms with van der Waals surface area (Å²) in [5.74, 6) is -9.03. The fourth-order valence-electron chi connectivity index (χ4n) is 3.65. The number of ether oxygens (including phenoxy) is 2. The first kappa shape index (κ1) is 26.0. The van der Waals surface area contributed by atoms with Crippen LogP contribution in [0.5, 0.6) is 11.5 Å². The predicted octanol–water partition coefficient (Wildman–Crippen LogP) is 7.84. The van der Waals surface area contributed by atoms with Gasteiger partial charge in [-0.15, -0.1) is 0 Å². The van der Waals surface area contributed by atoms with E-state index in [1.165, 1.54) is 0 Å². The van der Waals surface area contributed by atoms with E-state index < -0.39 is 52.5 Å². The molecule has 3 nitrogen and oxygen atoms in total. The number of fused-ring (bicyclic) bond motifs is 1. The van der Waals surface area contributed by atoms with Crippen molar-refractivity contribution < 1.29 is 45.0 Å². The van der Waals surface area contributed by atoms with E-state index in [0.29, 0.717) is 6.42 Å². The van der Waals surface area contributed by atoms with Crippen LogP contribution in [-0.4, -0.2) is 5.97 Å². The zero-order chi connectivity index (χ0) is 26.9. The Balaban J connectivity index is 1.49. The van der Waals surface area contributed by atoms with Gasteiger partial charge < -0.3 is 9.47 Å². The molecule has 0 aliphatic rings. The standard InChI is InChI=1S/C27H17F7O3/c1-2-3-14-6-11-20(24(31)22(14)29)27(33,34)37-17-7-4-15(5-8-17)26(35)36-18-9-10-19-16(12-18)13-21(28)25(32)23(19)30/h4-13H,2-3H2,1H3. The summed E-state index contributed by atoms with van der Waals surface area (Å²) in [7, 11) is 0. The molecule has 4 rings (SSSR count). The molecule has 0 radical (unpaired) electrons. The molecule has 0 unspecified atom stereocenters. The van der Waals surface area contributed by atoms with Crippen LogP contribution in [0, 0.1) is 29.1 Å². The summed E-state index contributed by atoms with van der Waals surface area (Å²) in [5, 5.41) is -0.281. The van der Waals surface area contributed by atoms with Gasteiger partial charge in [0.25, 0.3) is 0 Å². The summed E-state index contributed by atoms with van der Waals surface area (Å²) in [6, 6.07) is 10.1. The van der Waals surface area contributed by atoms with Gasteiger partial charge in [-0.1, -0.05) is 19.4 Å². The van der Waals surface area contributed by atoms with Gasteiger partial charge in [0.1, 0.15) is 17.1 Å². The molecule has 4 aromatic rings. The van der Waals surface area contributed by atoms with Crippen molar-refractivity contribution in [2.45, 2.75) is 25.9 Å². The largest absolute Gasteiger partial charge is 0.429 e. The molecule has 0 saturated carbocycles. The number of rotatable bonds is 7. The summed E-state index contributed by atoms with van der Waals surface area (Å²) >= 11 is 0. The van der Waals surface area contributed by atoms with Gasteiger partial charge >= 0.3 is 12.1 Å². The first-order valence-corrected chi connectivity index (χ1v) is 11.0. The molecule has 0 N–H and O–H groups in total. The molecule has 0 fully saturated rings. The summed E-state index contributed by atoms with van der Waals surface area (Å²) in [6.45, 7) is 1.73. The number of carbonyl (C=O) groups is 1. The minimum atomic E-state index is -4.22. The Morgan fingerprint density at radius 2 is 1.46 bits per heavy atom. The SMILES string of the molecule is CCCc1ccc(C(F)(F)Oc2ccc(C(=O)Oc3ccc4c(F)c(F)c(F)cc4c3)cc2)c(F)c1F. The second kappa shape index (κ2) is 10.1. The van der Waals surface area contributed by atoms with Gasteiger partial charge in [0, 0.05) is 5.39 Å². The Hall–Kier alpha value is -4.08. The first-order chi connectivity index (χ1) is 17.5. The topological polar surface area (TPSA) is 35.5 Å². The highest BCUT2D eigenvalue weighted by molar-refractivity contribution is 5.92. The number of aryl methyl sites for hydroxylation is 1. The molecule has 0 heterocycles. The molecule has 0 aliphatic heterocycles. The monoisotopic (exact) mass is 522 g/mol. The lowest BCUT2D eigenvalue weighted by Crippen LogP contribution is -2.24. The Morgan fingerprint density at radius 3 is 2.14 bits per heavy atom. The van der Waals surface area contributed by atoms with Crippen LogP contribution in [0.3, 0.4) is 0 Å². The van der Waals surface area contributed by atoms with Crippen molar-refractivity contribution in [3.63, 3.8) is 0 Å². The van der Waals surface area contributed by atoms with Crippen molar-refractivity contribution in [3.8, 4) is 11.5 Å². The number of benzene rings is 4. The van der Waals surface area contributed by atoms with E-state index in [9.17, 15) is 35.5 Å². The number of carbonyl (C=O) groups excluding carboxylic acids is 1. The van der Waals surface area contributed by atoms with E-state index in [1.807, 2.05) is 0 Å². The minimum Gasteiger partial charge on any atom is -0.429 e. The molecule has 0 atom stereocenters. The molecule has 0 spiro atoms. The van der Waals surface area contributed by atoms with E-state index >= 15 is 0 Å². The van der Waals surface area contributed by atoms with E-state index in [4.69, 9.17) is 4.74 Å².